The number of aliphatic hydroxyl groups is 1. The fourth-order valence-corrected chi connectivity index (χ4v) is 4.86. The molecular formula is C25H23BrN2O5. The zero-order chi connectivity index (χ0) is 22.9. The average molecular weight is 511 g/mol. The summed E-state index contributed by atoms with van der Waals surface area (Å²) in [6.45, 7) is 3.88. The van der Waals surface area contributed by atoms with E-state index in [2.05, 4.69) is 20.8 Å². The fraction of sp³-hybridized carbons (Fsp3) is 0.280. The summed E-state index contributed by atoms with van der Waals surface area (Å²) in [6, 6.07) is 15.7. The summed E-state index contributed by atoms with van der Waals surface area (Å²) in [5, 5.41) is 11.6. The molecule has 3 heterocycles. The fourth-order valence-electron chi connectivity index (χ4n) is 4.44. The van der Waals surface area contributed by atoms with Crippen molar-refractivity contribution in [3.63, 3.8) is 0 Å². The van der Waals surface area contributed by atoms with Gasteiger partial charge in [0.25, 0.3) is 5.91 Å². The van der Waals surface area contributed by atoms with Gasteiger partial charge < -0.3 is 19.2 Å². The van der Waals surface area contributed by atoms with Crippen LogP contribution < -0.4 is 0 Å². The first-order valence-corrected chi connectivity index (χ1v) is 11.6. The van der Waals surface area contributed by atoms with Crippen molar-refractivity contribution in [2.45, 2.75) is 6.04 Å². The van der Waals surface area contributed by atoms with E-state index in [1.165, 1.54) is 0 Å². The van der Waals surface area contributed by atoms with Crippen molar-refractivity contribution >= 4 is 38.6 Å². The zero-order valence-electron chi connectivity index (χ0n) is 17.9. The number of Topliss-reactive ketones (excluding diaryl/α,β-unsaturated/α-hetero) is 1. The molecule has 1 fully saturated rings. The van der Waals surface area contributed by atoms with Crippen LogP contribution in [-0.2, 0) is 9.53 Å². The Morgan fingerprint density at radius 1 is 1.06 bits per heavy atom. The average Bonchev–Trinajstić information content (AvgIpc) is 3.37. The number of aliphatic hydroxyl groups excluding tert-OH is 1. The number of ketones is 1. The van der Waals surface area contributed by atoms with E-state index in [4.69, 9.17) is 9.15 Å². The monoisotopic (exact) mass is 510 g/mol. The van der Waals surface area contributed by atoms with Gasteiger partial charge in [-0.05, 0) is 29.8 Å². The van der Waals surface area contributed by atoms with Gasteiger partial charge in [-0.1, -0.05) is 46.3 Å². The van der Waals surface area contributed by atoms with Crippen molar-refractivity contribution in [2.75, 3.05) is 39.4 Å². The third-order valence-corrected chi connectivity index (χ3v) is 6.62. The number of rotatable bonds is 6. The second-order valence-corrected chi connectivity index (χ2v) is 9.07. The lowest BCUT2D eigenvalue weighted by Crippen LogP contribution is -2.43. The summed E-state index contributed by atoms with van der Waals surface area (Å²) in [4.78, 5) is 30.5. The first-order chi connectivity index (χ1) is 16.0. The number of para-hydroxylation sites is 1. The second-order valence-electron chi connectivity index (χ2n) is 8.15. The number of hydrogen-bond acceptors (Lipinski definition) is 6. The van der Waals surface area contributed by atoms with E-state index in [9.17, 15) is 14.7 Å². The Bertz CT molecular complexity index is 1210. The molecule has 3 aromatic rings. The van der Waals surface area contributed by atoms with Crippen LogP contribution >= 0.6 is 15.9 Å². The smallest absolute Gasteiger partial charge is 0.290 e. The van der Waals surface area contributed by atoms with Gasteiger partial charge in [0.2, 0.25) is 5.78 Å². The van der Waals surface area contributed by atoms with Crippen LogP contribution in [0, 0.1) is 0 Å². The number of hydrogen-bond donors (Lipinski definition) is 1. The lowest BCUT2D eigenvalue weighted by molar-refractivity contribution is -0.129. The summed E-state index contributed by atoms with van der Waals surface area (Å²) < 4.78 is 12.0. The molecule has 1 amide bonds. The van der Waals surface area contributed by atoms with Crippen LogP contribution in [0.3, 0.4) is 0 Å². The van der Waals surface area contributed by atoms with Crippen LogP contribution in [0.25, 0.3) is 11.0 Å². The number of ether oxygens (including phenoxy) is 1. The maximum absolute atomic E-state index is 13.6. The maximum Gasteiger partial charge on any atom is 0.290 e. The number of furan rings is 1. The van der Waals surface area contributed by atoms with E-state index in [1.807, 2.05) is 42.5 Å². The number of fused-ring (bicyclic) bond motifs is 1. The van der Waals surface area contributed by atoms with Crippen LogP contribution in [0.2, 0.25) is 0 Å². The van der Waals surface area contributed by atoms with Crippen molar-refractivity contribution in [1.29, 1.82) is 0 Å². The molecule has 2 aliphatic rings. The van der Waals surface area contributed by atoms with E-state index in [1.54, 1.807) is 17.0 Å². The Balaban J connectivity index is 1.51. The first kappa shape index (κ1) is 21.9. The number of carbonyl (C=O) groups excluding carboxylic acids is 2. The highest BCUT2D eigenvalue weighted by molar-refractivity contribution is 9.10. The molecule has 0 unspecified atom stereocenters. The Labute approximate surface area is 199 Å². The highest BCUT2D eigenvalue weighted by Crippen LogP contribution is 2.40. The molecule has 0 spiro atoms. The molecule has 2 aromatic carbocycles. The SMILES string of the molecule is O=C(C1=C(O)C(=O)N(CCN2CCOCC2)[C@H]1c1cccc(Br)c1)c1cc2ccccc2o1. The molecule has 0 bridgehead atoms. The van der Waals surface area contributed by atoms with Crippen molar-refractivity contribution < 1.29 is 23.8 Å². The lowest BCUT2D eigenvalue weighted by atomic mass is 9.95. The van der Waals surface area contributed by atoms with E-state index < -0.39 is 23.5 Å². The predicted octanol–water partition coefficient (Wildman–Crippen LogP) is 4.11. The van der Waals surface area contributed by atoms with Gasteiger partial charge in [0.15, 0.2) is 11.5 Å². The Morgan fingerprint density at radius 3 is 2.61 bits per heavy atom. The standard InChI is InChI=1S/C25H23BrN2O5/c26-18-6-3-5-17(14-18)22-21(23(29)20-15-16-4-1-2-7-19(16)33-20)24(30)25(31)28(22)9-8-27-10-12-32-13-11-27/h1-7,14-15,22,30H,8-13H2/t22-/m0/s1. The van der Waals surface area contributed by atoms with Gasteiger partial charge in [-0.3, -0.25) is 14.5 Å². The maximum atomic E-state index is 13.6. The minimum absolute atomic E-state index is 0.0409. The molecule has 8 heteroatoms. The van der Waals surface area contributed by atoms with Crippen LogP contribution in [0.15, 0.2) is 74.8 Å². The molecule has 0 saturated carbocycles. The molecule has 2 aliphatic heterocycles. The normalized spacial score (nSPS) is 19.6. The third kappa shape index (κ3) is 4.21. The predicted molar refractivity (Wildman–Crippen MR) is 126 cm³/mol. The molecule has 7 nitrogen and oxygen atoms in total. The topological polar surface area (TPSA) is 83.2 Å². The van der Waals surface area contributed by atoms with E-state index >= 15 is 0 Å². The summed E-state index contributed by atoms with van der Waals surface area (Å²) in [6.07, 6.45) is 0. The molecule has 33 heavy (non-hydrogen) atoms. The molecular weight excluding hydrogens is 488 g/mol. The molecule has 1 atom stereocenters. The lowest BCUT2D eigenvalue weighted by Gasteiger charge is -2.31. The largest absolute Gasteiger partial charge is 0.503 e. The van der Waals surface area contributed by atoms with Crippen LogP contribution in [0.5, 0.6) is 0 Å². The Kier molecular flexibility index (Phi) is 6.05. The van der Waals surface area contributed by atoms with E-state index in [0.29, 0.717) is 31.9 Å². The van der Waals surface area contributed by atoms with Gasteiger partial charge in [-0.25, -0.2) is 0 Å². The number of benzene rings is 2. The van der Waals surface area contributed by atoms with Crippen molar-refractivity contribution in [2.24, 2.45) is 0 Å². The van der Waals surface area contributed by atoms with Crippen molar-refractivity contribution in [1.82, 2.24) is 9.80 Å². The van der Waals surface area contributed by atoms with E-state index in [0.717, 1.165) is 28.5 Å². The highest BCUT2D eigenvalue weighted by Gasteiger charge is 2.44. The summed E-state index contributed by atoms with van der Waals surface area (Å²) in [7, 11) is 0. The number of halogens is 1. The van der Waals surface area contributed by atoms with Gasteiger partial charge in [0, 0.05) is 36.0 Å². The summed E-state index contributed by atoms with van der Waals surface area (Å²) >= 11 is 3.48. The number of amides is 1. The summed E-state index contributed by atoms with van der Waals surface area (Å²) in [5.74, 6) is -1.46. The molecule has 0 radical (unpaired) electrons. The van der Waals surface area contributed by atoms with Crippen molar-refractivity contribution in [3.05, 3.63) is 81.7 Å². The molecule has 170 valence electrons. The van der Waals surface area contributed by atoms with Gasteiger partial charge in [-0.15, -0.1) is 0 Å². The Morgan fingerprint density at radius 2 is 1.85 bits per heavy atom. The highest BCUT2D eigenvalue weighted by atomic mass is 79.9. The second kappa shape index (κ2) is 9.13. The quantitative estimate of drug-likeness (QED) is 0.502. The number of nitrogens with zero attached hydrogens (tertiary/aromatic N) is 2. The van der Waals surface area contributed by atoms with Gasteiger partial charge >= 0.3 is 0 Å². The van der Waals surface area contributed by atoms with E-state index in [-0.39, 0.29) is 11.3 Å². The van der Waals surface area contributed by atoms with Crippen LogP contribution in [-0.4, -0.2) is 66.0 Å². The molecule has 1 saturated heterocycles. The van der Waals surface area contributed by atoms with Crippen LogP contribution in [0.4, 0.5) is 0 Å². The molecule has 1 N–H and O–H groups in total. The van der Waals surface area contributed by atoms with Gasteiger partial charge in [0.05, 0.1) is 24.8 Å². The van der Waals surface area contributed by atoms with Crippen LogP contribution in [0.1, 0.15) is 22.2 Å². The third-order valence-electron chi connectivity index (χ3n) is 6.12. The van der Waals surface area contributed by atoms with Gasteiger partial charge in [-0.2, -0.15) is 0 Å². The minimum atomic E-state index is -0.711. The minimum Gasteiger partial charge on any atom is -0.503 e. The molecule has 5 rings (SSSR count). The molecule has 0 aliphatic carbocycles. The molecule has 1 aromatic heterocycles. The summed E-state index contributed by atoms with van der Waals surface area (Å²) in [5.41, 5.74) is 1.36. The Hall–Kier alpha value is -2.94. The van der Waals surface area contributed by atoms with Gasteiger partial charge in [0.1, 0.15) is 5.58 Å². The zero-order valence-corrected chi connectivity index (χ0v) is 19.5. The first-order valence-electron chi connectivity index (χ1n) is 10.9. The number of carbonyl (C=O) groups is 2. The number of morpholine rings is 1. The van der Waals surface area contributed by atoms with Crippen molar-refractivity contribution in [3.8, 4) is 0 Å².